The Balaban J connectivity index is 1.97. The smallest absolute Gasteiger partial charge is 0.242 e. The molecule has 7 nitrogen and oxygen atoms in total. The molecule has 0 unspecified atom stereocenters. The Morgan fingerprint density at radius 3 is 3.05 bits per heavy atom. The molecule has 114 valence electrons. The molecule has 0 aliphatic carbocycles. The molecule has 0 radical (unpaired) electrons. The number of benzene rings is 1. The maximum absolute atomic E-state index is 12.6. The summed E-state index contributed by atoms with van der Waals surface area (Å²) in [5.41, 5.74) is 0.810. The second-order valence-electron chi connectivity index (χ2n) is 5.22. The lowest BCUT2D eigenvalue weighted by atomic mass is 10.1. The molecule has 1 aromatic heterocycles. The highest BCUT2D eigenvalue weighted by Crippen LogP contribution is 2.26. The van der Waals surface area contributed by atoms with E-state index < -0.39 is 16.1 Å². The number of hydrogen-bond acceptors (Lipinski definition) is 5. The molecular formula is C14H15N5O2S. The van der Waals surface area contributed by atoms with Crippen LogP contribution >= 0.6 is 0 Å². The molecule has 2 heterocycles. The van der Waals surface area contributed by atoms with Crippen molar-refractivity contribution in [3.8, 4) is 6.07 Å². The number of nitriles is 1. The lowest BCUT2D eigenvalue weighted by Crippen LogP contribution is -2.33. The van der Waals surface area contributed by atoms with Crippen molar-refractivity contribution >= 4 is 10.0 Å². The van der Waals surface area contributed by atoms with E-state index in [2.05, 4.69) is 14.8 Å². The minimum absolute atomic E-state index is 0.00615. The fourth-order valence-electron chi connectivity index (χ4n) is 2.66. The van der Waals surface area contributed by atoms with Crippen molar-refractivity contribution in [2.24, 2.45) is 0 Å². The third-order valence-electron chi connectivity index (χ3n) is 3.75. The lowest BCUT2D eigenvalue weighted by Gasteiger charge is -2.23. The first-order valence-corrected chi connectivity index (χ1v) is 8.41. The number of nitrogens with one attached hydrogen (secondary N) is 1. The molecule has 0 saturated heterocycles. The van der Waals surface area contributed by atoms with Crippen molar-refractivity contribution in [3.63, 3.8) is 0 Å². The van der Waals surface area contributed by atoms with E-state index in [0.29, 0.717) is 17.8 Å². The van der Waals surface area contributed by atoms with E-state index in [-0.39, 0.29) is 10.5 Å². The monoisotopic (exact) mass is 317 g/mol. The van der Waals surface area contributed by atoms with Gasteiger partial charge < -0.3 is 0 Å². The molecular weight excluding hydrogens is 302 g/mol. The topological polar surface area (TPSA) is 101 Å². The second-order valence-corrected chi connectivity index (χ2v) is 6.90. The summed E-state index contributed by atoms with van der Waals surface area (Å²) in [5.74, 6) is 0.612. The Bertz CT molecular complexity index is 850. The quantitative estimate of drug-likeness (QED) is 0.918. The zero-order chi connectivity index (χ0) is 15.7. The van der Waals surface area contributed by atoms with E-state index >= 15 is 0 Å². The standard InChI is InChI=1S/C14H15N5O2S/c1-10-4-2-6-13(11(10)8-15)22(20,21)18-12-5-3-7-19-14(12)16-9-17-19/h2,4,6,9,12,18H,3,5,7H2,1H3/t12-/m0/s1. The Labute approximate surface area is 128 Å². The van der Waals surface area contributed by atoms with Crippen LogP contribution in [0, 0.1) is 18.3 Å². The van der Waals surface area contributed by atoms with E-state index in [4.69, 9.17) is 0 Å². The molecule has 22 heavy (non-hydrogen) atoms. The molecule has 1 atom stereocenters. The first-order chi connectivity index (χ1) is 10.5. The van der Waals surface area contributed by atoms with Crippen molar-refractivity contribution in [2.45, 2.75) is 37.2 Å². The number of sulfonamides is 1. The Kier molecular flexibility index (Phi) is 3.68. The number of aryl methyl sites for hydroxylation is 2. The third kappa shape index (κ3) is 2.49. The molecule has 8 heteroatoms. The summed E-state index contributed by atoms with van der Waals surface area (Å²) < 4.78 is 29.6. The Hall–Kier alpha value is -2.24. The van der Waals surface area contributed by atoms with Crippen LogP contribution in [0.25, 0.3) is 0 Å². The molecule has 1 aliphatic rings. The predicted molar refractivity (Wildman–Crippen MR) is 78.2 cm³/mol. The summed E-state index contributed by atoms with van der Waals surface area (Å²) in [7, 11) is -3.80. The highest BCUT2D eigenvalue weighted by molar-refractivity contribution is 7.89. The maximum Gasteiger partial charge on any atom is 0.242 e. The van der Waals surface area contributed by atoms with Gasteiger partial charge in [0, 0.05) is 6.54 Å². The average Bonchev–Trinajstić information content (AvgIpc) is 2.96. The van der Waals surface area contributed by atoms with Gasteiger partial charge in [0.15, 0.2) is 0 Å². The first-order valence-electron chi connectivity index (χ1n) is 6.92. The Morgan fingerprint density at radius 2 is 2.27 bits per heavy atom. The van der Waals surface area contributed by atoms with E-state index in [0.717, 1.165) is 13.0 Å². The second kappa shape index (κ2) is 5.51. The van der Waals surface area contributed by atoms with Gasteiger partial charge in [0.25, 0.3) is 0 Å². The van der Waals surface area contributed by atoms with Gasteiger partial charge in [-0.2, -0.15) is 10.4 Å². The molecule has 0 bridgehead atoms. The molecule has 0 saturated carbocycles. The van der Waals surface area contributed by atoms with Gasteiger partial charge in [-0.3, -0.25) is 0 Å². The lowest BCUT2D eigenvalue weighted by molar-refractivity contribution is 0.400. The van der Waals surface area contributed by atoms with E-state index in [9.17, 15) is 13.7 Å². The van der Waals surface area contributed by atoms with Gasteiger partial charge in [-0.15, -0.1) is 0 Å². The number of fused-ring (bicyclic) bond motifs is 1. The zero-order valence-corrected chi connectivity index (χ0v) is 12.8. The van der Waals surface area contributed by atoms with Gasteiger partial charge in [-0.1, -0.05) is 12.1 Å². The molecule has 1 aromatic carbocycles. The molecule has 0 amide bonds. The largest absolute Gasteiger partial charge is 0.248 e. The van der Waals surface area contributed by atoms with Crippen LogP contribution in [-0.4, -0.2) is 23.2 Å². The highest BCUT2D eigenvalue weighted by Gasteiger charge is 2.29. The maximum atomic E-state index is 12.6. The minimum atomic E-state index is -3.80. The summed E-state index contributed by atoms with van der Waals surface area (Å²) in [4.78, 5) is 4.14. The fourth-order valence-corrected chi connectivity index (χ4v) is 4.12. The van der Waals surface area contributed by atoms with Gasteiger partial charge in [-0.25, -0.2) is 22.8 Å². The minimum Gasteiger partial charge on any atom is -0.248 e. The van der Waals surface area contributed by atoms with Gasteiger partial charge in [0.1, 0.15) is 23.1 Å². The number of nitrogens with zero attached hydrogens (tertiary/aromatic N) is 4. The summed E-state index contributed by atoms with van der Waals surface area (Å²) in [6.07, 6.45) is 2.91. The normalized spacial score (nSPS) is 17.7. The highest BCUT2D eigenvalue weighted by atomic mass is 32.2. The van der Waals surface area contributed by atoms with Crippen LogP contribution in [0.15, 0.2) is 29.4 Å². The molecule has 3 rings (SSSR count). The van der Waals surface area contributed by atoms with Crippen molar-refractivity contribution in [1.82, 2.24) is 19.5 Å². The molecule has 0 fully saturated rings. The van der Waals surface area contributed by atoms with E-state index in [1.165, 1.54) is 12.4 Å². The summed E-state index contributed by atoms with van der Waals surface area (Å²) in [6.45, 7) is 2.45. The van der Waals surface area contributed by atoms with Crippen LogP contribution in [0.3, 0.4) is 0 Å². The average molecular weight is 317 g/mol. The molecule has 1 N–H and O–H groups in total. The van der Waals surface area contributed by atoms with E-state index in [1.807, 2.05) is 6.07 Å². The van der Waals surface area contributed by atoms with Crippen molar-refractivity contribution in [3.05, 3.63) is 41.5 Å². The number of hydrogen-bond donors (Lipinski definition) is 1. The van der Waals surface area contributed by atoms with Crippen LogP contribution in [0.4, 0.5) is 0 Å². The van der Waals surface area contributed by atoms with Crippen molar-refractivity contribution in [2.75, 3.05) is 0 Å². The summed E-state index contributed by atoms with van der Waals surface area (Å²) >= 11 is 0. The van der Waals surface area contributed by atoms with Gasteiger partial charge in [0.2, 0.25) is 10.0 Å². The molecule has 1 aliphatic heterocycles. The van der Waals surface area contributed by atoms with Crippen LogP contribution < -0.4 is 4.72 Å². The molecule has 2 aromatic rings. The van der Waals surface area contributed by atoms with Crippen molar-refractivity contribution < 1.29 is 8.42 Å². The van der Waals surface area contributed by atoms with Crippen LogP contribution in [-0.2, 0) is 16.6 Å². The summed E-state index contributed by atoms with van der Waals surface area (Å²) in [5, 5.41) is 13.3. The van der Waals surface area contributed by atoms with Gasteiger partial charge >= 0.3 is 0 Å². The third-order valence-corrected chi connectivity index (χ3v) is 5.27. The van der Waals surface area contributed by atoms with Gasteiger partial charge in [-0.05, 0) is 31.4 Å². The number of rotatable bonds is 3. The van der Waals surface area contributed by atoms with Crippen LogP contribution in [0.5, 0.6) is 0 Å². The number of aromatic nitrogens is 3. The Morgan fingerprint density at radius 1 is 1.45 bits per heavy atom. The predicted octanol–water partition coefficient (Wildman–Crippen LogP) is 1.27. The molecule has 0 spiro atoms. The van der Waals surface area contributed by atoms with Gasteiger partial charge in [0.05, 0.1) is 11.6 Å². The van der Waals surface area contributed by atoms with Crippen LogP contribution in [0.2, 0.25) is 0 Å². The van der Waals surface area contributed by atoms with Crippen molar-refractivity contribution in [1.29, 1.82) is 5.26 Å². The first kappa shape index (κ1) is 14.7. The van der Waals surface area contributed by atoms with Crippen LogP contribution in [0.1, 0.15) is 35.8 Å². The van der Waals surface area contributed by atoms with E-state index in [1.54, 1.807) is 23.7 Å². The fraction of sp³-hybridized carbons (Fsp3) is 0.357. The SMILES string of the molecule is Cc1cccc(S(=O)(=O)N[C@H]2CCCn3ncnc32)c1C#N. The summed E-state index contributed by atoms with van der Waals surface area (Å²) in [6, 6.07) is 6.34. The zero-order valence-electron chi connectivity index (χ0n) is 12.0.